The molecule has 1 aliphatic heterocycles. The van der Waals surface area contributed by atoms with Crippen LogP contribution in [0.15, 0.2) is 25.7 Å². The van der Waals surface area contributed by atoms with Gasteiger partial charge in [0.2, 0.25) is 0 Å². The minimum atomic E-state index is -0.647. The smallest absolute Gasteiger partial charge is 0.261 e. The van der Waals surface area contributed by atoms with Crippen molar-refractivity contribution in [2.45, 2.75) is 172 Å². The highest BCUT2D eigenvalue weighted by molar-refractivity contribution is 8.24. The van der Waals surface area contributed by atoms with Gasteiger partial charge in [-0.05, 0) is 49.3 Å². The Balaban J connectivity index is 2.24. The van der Waals surface area contributed by atoms with E-state index in [4.69, 9.17) is 10.5 Å². The third kappa shape index (κ3) is 13.4. The summed E-state index contributed by atoms with van der Waals surface area (Å²) in [4.78, 5) is 14.4. The van der Waals surface area contributed by atoms with E-state index >= 15 is 0 Å². The highest BCUT2D eigenvalue weighted by atomic mass is 32.2. The molecule has 1 aromatic rings. The van der Waals surface area contributed by atoms with Crippen LogP contribution in [-0.2, 0) is 17.6 Å². The van der Waals surface area contributed by atoms with E-state index in [1.165, 1.54) is 150 Å². The quantitative estimate of drug-likeness (QED) is 0.0673. The van der Waals surface area contributed by atoms with Crippen LogP contribution in [0.2, 0.25) is 0 Å². The Morgan fingerprint density at radius 2 is 1.19 bits per heavy atom. The molecule has 1 heterocycles. The Bertz CT molecular complexity index is 999. The molecule has 0 saturated carbocycles. The maximum absolute atomic E-state index is 12.1. The van der Waals surface area contributed by atoms with Crippen molar-refractivity contribution in [3.63, 3.8) is 0 Å². The highest BCUT2D eigenvalue weighted by Crippen LogP contribution is 2.58. The number of aryl methyl sites for hydroxylation is 1. The lowest BCUT2D eigenvalue weighted by Gasteiger charge is -2.18. The van der Waals surface area contributed by atoms with Crippen LogP contribution in [0.5, 0.6) is 5.75 Å². The number of carbonyl (C=O) groups is 1. The molecule has 0 bridgehead atoms. The number of primary amides is 1. The summed E-state index contributed by atoms with van der Waals surface area (Å²) in [7, 11) is 0. The fraction of sp³-hybridized carbons (Fsp3) is 0.722. The van der Waals surface area contributed by atoms with Gasteiger partial charge in [0.15, 0.2) is 0 Å². The van der Waals surface area contributed by atoms with Crippen molar-refractivity contribution >= 4 is 29.4 Å². The molecule has 2 rings (SSSR count). The number of rotatable bonds is 25. The molecule has 0 unspecified atom stereocenters. The van der Waals surface area contributed by atoms with Crippen LogP contribution in [-0.4, -0.2) is 12.5 Å². The van der Waals surface area contributed by atoms with Crippen molar-refractivity contribution < 1.29 is 9.53 Å². The van der Waals surface area contributed by atoms with Gasteiger partial charge in [-0.2, -0.15) is 5.26 Å². The molecule has 0 atom stereocenters. The zero-order valence-corrected chi connectivity index (χ0v) is 28.6. The maximum atomic E-state index is 12.1. The van der Waals surface area contributed by atoms with Crippen molar-refractivity contribution in [3.05, 3.63) is 27.0 Å². The molecule has 0 spiro atoms. The number of fused-ring (bicyclic) bond motifs is 1. The number of hydrogen-bond donors (Lipinski definition) is 1. The molecule has 4 nitrogen and oxygen atoms in total. The molecule has 236 valence electrons. The van der Waals surface area contributed by atoms with Gasteiger partial charge in [0.05, 0.1) is 15.7 Å². The van der Waals surface area contributed by atoms with Gasteiger partial charge in [-0.25, -0.2) is 0 Å². The Morgan fingerprint density at radius 3 is 1.71 bits per heavy atom. The van der Waals surface area contributed by atoms with E-state index in [-0.39, 0.29) is 5.57 Å². The lowest BCUT2D eigenvalue weighted by Crippen LogP contribution is -2.13. The standard InChI is InChI=1S/C36H58N2O2S2/c1-4-7-10-13-16-17-19-22-25-30-29(24-21-18-14-11-8-5-2)27-32(40-26-23-20-15-12-9-6-3)34-33(30)41-36(42-34)31(28-37)35(38)39/h27H,4-26H2,1-3H3,(H2,38,39)/b36-31-. The van der Waals surface area contributed by atoms with E-state index in [1.54, 1.807) is 11.8 Å². The van der Waals surface area contributed by atoms with Gasteiger partial charge in [-0.3, -0.25) is 4.79 Å². The predicted molar refractivity (Wildman–Crippen MR) is 182 cm³/mol. The summed E-state index contributed by atoms with van der Waals surface area (Å²) in [6.07, 6.45) is 27.5. The lowest BCUT2D eigenvalue weighted by atomic mass is 9.95. The van der Waals surface area contributed by atoms with Crippen molar-refractivity contribution in [2.75, 3.05) is 6.61 Å². The van der Waals surface area contributed by atoms with Crippen LogP contribution in [0.25, 0.3) is 0 Å². The molecule has 1 amide bonds. The summed E-state index contributed by atoms with van der Waals surface area (Å²) in [6.45, 7) is 7.49. The minimum Gasteiger partial charge on any atom is -0.492 e. The summed E-state index contributed by atoms with van der Waals surface area (Å²) in [6, 6.07) is 4.37. The van der Waals surface area contributed by atoms with Crippen molar-refractivity contribution in [2.24, 2.45) is 5.73 Å². The van der Waals surface area contributed by atoms with Gasteiger partial charge in [0, 0.05) is 4.90 Å². The summed E-state index contributed by atoms with van der Waals surface area (Å²) in [5.74, 6) is 0.278. The molecule has 0 fully saturated rings. The van der Waals surface area contributed by atoms with Crippen LogP contribution >= 0.6 is 23.5 Å². The first-order chi connectivity index (χ1) is 20.6. The normalized spacial score (nSPS) is 13.7. The summed E-state index contributed by atoms with van der Waals surface area (Å²) < 4.78 is 7.17. The average molecular weight is 615 g/mol. The summed E-state index contributed by atoms with van der Waals surface area (Å²) >= 11 is 3.08. The minimum absolute atomic E-state index is 0.0681. The monoisotopic (exact) mass is 614 g/mol. The Labute approximate surface area is 266 Å². The topological polar surface area (TPSA) is 76.1 Å². The fourth-order valence-electron chi connectivity index (χ4n) is 5.62. The van der Waals surface area contributed by atoms with Gasteiger partial charge in [0.1, 0.15) is 17.4 Å². The van der Waals surface area contributed by atoms with Gasteiger partial charge >= 0.3 is 0 Å². The third-order valence-electron chi connectivity index (χ3n) is 8.18. The van der Waals surface area contributed by atoms with Crippen LogP contribution < -0.4 is 10.5 Å². The van der Waals surface area contributed by atoms with Crippen molar-refractivity contribution in [1.29, 1.82) is 5.26 Å². The number of ether oxygens (including phenoxy) is 1. The number of benzene rings is 1. The second kappa shape index (κ2) is 22.9. The molecule has 0 radical (unpaired) electrons. The number of amides is 1. The van der Waals surface area contributed by atoms with E-state index in [9.17, 15) is 10.1 Å². The molecular formula is C36H58N2O2S2. The number of unbranched alkanes of at least 4 members (excludes halogenated alkanes) is 17. The highest BCUT2D eigenvalue weighted by Gasteiger charge is 2.30. The molecule has 0 aliphatic carbocycles. The van der Waals surface area contributed by atoms with E-state index in [0.29, 0.717) is 10.8 Å². The molecule has 1 aliphatic rings. The number of hydrogen-bond acceptors (Lipinski definition) is 5. The Morgan fingerprint density at radius 1 is 0.714 bits per heavy atom. The van der Waals surface area contributed by atoms with Gasteiger partial charge in [-0.15, -0.1) is 0 Å². The number of thioether (sulfide) groups is 2. The fourth-order valence-corrected chi connectivity index (χ4v) is 8.39. The van der Waals surface area contributed by atoms with E-state index in [1.807, 2.05) is 0 Å². The third-order valence-corrected chi connectivity index (χ3v) is 10.9. The zero-order valence-electron chi connectivity index (χ0n) is 27.0. The molecule has 2 N–H and O–H groups in total. The summed E-state index contributed by atoms with van der Waals surface area (Å²) in [5, 5.41) is 9.71. The molecule has 42 heavy (non-hydrogen) atoms. The first-order valence-electron chi connectivity index (χ1n) is 17.2. The van der Waals surface area contributed by atoms with Gasteiger partial charge in [0.25, 0.3) is 5.91 Å². The molecule has 0 aromatic heterocycles. The number of nitrogens with two attached hydrogens (primary N) is 1. The largest absolute Gasteiger partial charge is 0.492 e. The SMILES string of the molecule is CCCCCCCCCCc1c(CCCCCCCC)cc(OCCCCCCCC)c2c1S/C(=C(\C#N)C(N)=O)S2. The maximum Gasteiger partial charge on any atom is 0.261 e. The average Bonchev–Trinajstić information content (AvgIpc) is 3.41. The second-order valence-electron chi connectivity index (χ2n) is 11.9. The van der Waals surface area contributed by atoms with Crippen LogP contribution in [0.4, 0.5) is 0 Å². The van der Waals surface area contributed by atoms with Gasteiger partial charge in [-0.1, -0.05) is 153 Å². The lowest BCUT2D eigenvalue weighted by molar-refractivity contribution is -0.114. The zero-order chi connectivity index (χ0) is 30.4. The number of carbonyl (C=O) groups excluding carboxylic acids is 1. The molecule has 1 aromatic carbocycles. The molecule has 0 saturated heterocycles. The van der Waals surface area contributed by atoms with Crippen LogP contribution in [0.3, 0.4) is 0 Å². The van der Waals surface area contributed by atoms with E-state index in [2.05, 4.69) is 32.9 Å². The second-order valence-corrected chi connectivity index (χ2v) is 14.2. The molecule has 6 heteroatoms. The Kier molecular flexibility index (Phi) is 20.0. The van der Waals surface area contributed by atoms with Crippen molar-refractivity contribution in [1.82, 2.24) is 0 Å². The predicted octanol–water partition coefficient (Wildman–Crippen LogP) is 11.4. The number of nitrogens with zero attached hydrogens (tertiary/aromatic N) is 1. The molecular weight excluding hydrogens is 557 g/mol. The van der Waals surface area contributed by atoms with Crippen LogP contribution in [0, 0.1) is 11.3 Å². The van der Waals surface area contributed by atoms with Gasteiger partial charge < -0.3 is 10.5 Å². The number of nitriles is 1. The first-order valence-corrected chi connectivity index (χ1v) is 18.8. The van der Waals surface area contributed by atoms with E-state index < -0.39 is 5.91 Å². The van der Waals surface area contributed by atoms with E-state index in [0.717, 1.165) is 29.9 Å². The van der Waals surface area contributed by atoms with Crippen LogP contribution in [0.1, 0.15) is 160 Å². The Hall–Kier alpha value is -1.58. The first kappa shape index (κ1) is 36.6. The summed E-state index contributed by atoms with van der Waals surface area (Å²) in [5.41, 5.74) is 8.49. The van der Waals surface area contributed by atoms with Crippen molar-refractivity contribution in [3.8, 4) is 11.8 Å².